The summed E-state index contributed by atoms with van der Waals surface area (Å²) in [6.45, 7) is 2.99. The second-order valence-corrected chi connectivity index (χ2v) is 4.81. The smallest absolute Gasteiger partial charge is 0.263 e. The molecule has 0 spiro atoms. The number of nitrogens with one attached hydrogen (secondary N) is 1. The second-order valence-electron chi connectivity index (χ2n) is 4.81. The zero-order valence-corrected chi connectivity index (χ0v) is 10.1. The van der Waals surface area contributed by atoms with Crippen LogP contribution < -0.4 is 5.32 Å². The molecule has 0 amide bonds. The zero-order valence-electron chi connectivity index (χ0n) is 10.1. The SMILES string of the molecule is CCCC1CC1NCc1ccc(C(F)F)cc1. The average molecular weight is 239 g/mol. The first-order chi connectivity index (χ1) is 8.20. The first-order valence-corrected chi connectivity index (χ1v) is 6.31. The van der Waals surface area contributed by atoms with E-state index < -0.39 is 6.43 Å². The Labute approximate surface area is 101 Å². The molecular weight excluding hydrogens is 220 g/mol. The van der Waals surface area contributed by atoms with E-state index in [2.05, 4.69) is 12.2 Å². The summed E-state index contributed by atoms with van der Waals surface area (Å²) in [5, 5.41) is 3.47. The number of hydrogen-bond donors (Lipinski definition) is 1. The average Bonchev–Trinajstić information content (AvgIpc) is 3.06. The quantitative estimate of drug-likeness (QED) is 0.793. The summed E-state index contributed by atoms with van der Waals surface area (Å²) in [7, 11) is 0. The lowest BCUT2D eigenvalue weighted by Crippen LogP contribution is -2.17. The fourth-order valence-electron chi connectivity index (χ4n) is 2.22. The molecule has 1 aromatic carbocycles. The first kappa shape index (κ1) is 12.5. The molecule has 2 atom stereocenters. The van der Waals surface area contributed by atoms with E-state index in [4.69, 9.17) is 0 Å². The van der Waals surface area contributed by atoms with Crippen molar-refractivity contribution in [3.63, 3.8) is 0 Å². The summed E-state index contributed by atoms with van der Waals surface area (Å²) < 4.78 is 24.7. The van der Waals surface area contributed by atoms with E-state index in [1.54, 1.807) is 12.1 Å². The molecule has 1 saturated carbocycles. The van der Waals surface area contributed by atoms with Crippen LogP contribution >= 0.6 is 0 Å². The lowest BCUT2D eigenvalue weighted by atomic mass is 10.1. The van der Waals surface area contributed by atoms with Gasteiger partial charge in [-0.25, -0.2) is 8.78 Å². The van der Waals surface area contributed by atoms with Gasteiger partial charge in [0.25, 0.3) is 6.43 Å². The third kappa shape index (κ3) is 3.50. The van der Waals surface area contributed by atoms with Crippen LogP contribution in [0.15, 0.2) is 24.3 Å². The van der Waals surface area contributed by atoms with Gasteiger partial charge in [-0.1, -0.05) is 37.6 Å². The summed E-state index contributed by atoms with van der Waals surface area (Å²) >= 11 is 0. The van der Waals surface area contributed by atoms with Gasteiger partial charge in [-0.15, -0.1) is 0 Å². The van der Waals surface area contributed by atoms with E-state index in [9.17, 15) is 8.78 Å². The normalized spacial score (nSPS) is 23.1. The van der Waals surface area contributed by atoms with Gasteiger partial charge in [0.1, 0.15) is 0 Å². The molecule has 0 heterocycles. The molecule has 94 valence electrons. The zero-order chi connectivity index (χ0) is 12.3. The lowest BCUT2D eigenvalue weighted by Gasteiger charge is -2.05. The predicted octanol–water partition coefficient (Wildman–Crippen LogP) is 3.90. The number of rotatable bonds is 6. The van der Waals surface area contributed by atoms with Crippen LogP contribution in [0.3, 0.4) is 0 Å². The molecule has 17 heavy (non-hydrogen) atoms. The molecule has 1 nitrogen and oxygen atoms in total. The van der Waals surface area contributed by atoms with Crippen LogP contribution in [0.2, 0.25) is 0 Å². The van der Waals surface area contributed by atoms with Gasteiger partial charge in [-0.05, 0) is 24.3 Å². The summed E-state index contributed by atoms with van der Waals surface area (Å²) in [6.07, 6.45) is 1.44. The Morgan fingerprint density at radius 3 is 2.59 bits per heavy atom. The number of hydrogen-bond acceptors (Lipinski definition) is 1. The summed E-state index contributed by atoms with van der Waals surface area (Å²) in [5.74, 6) is 0.834. The highest BCUT2D eigenvalue weighted by Gasteiger charge is 2.35. The van der Waals surface area contributed by atoms with Crippen LogP contribution in [0.5, 0.6) is 0 Å². The van der Waals surface area contributed by atoms with E-state index in [1.807, 2.05) is 0 Å². The largest absolute Gasteiger partial charge is 0.310 e. The molecule has 1 aliphatic rings. The Bertz CT molecular complexity index is 348. The van der Waals surface area contributed by atoms with Crippen molar-refractivity contribution in [1.82, 2.24) is 5.32 Å². The van der Waals surface area contributed by atoms with Crippen LogP contribution in [-0.2, 0) is 6.54 Å². The number of halogens is 2. The highest BCUT2D eigenvalue weighted by Crippen LogP contribution is 2.34. The monoisotopic (exact) mass is 239 g/mol. The minimum absolute atomic E-state index is 0.101. The maximum Gasteiger partial charge on any atom is 0.263 e. The van der Waals surface area contributed by atoms with Crippen LogP contribution in [0.25, 0.3) is 0 Å². The third-order valence-corrected chi connectivity index (χ3v) is 3.38. The van der Waals surface area contributed by atoms with Gasteiger partial charge in [-0.3, -0.25) is 0 Å². The van der Waals surface area contributed by atoms with E-state index in [0.717, 1.165) is 18.0 Å². The van der Waals surface area contributed by atoms with E-state index >= 15 is 0 Å². The van der Waals surface area contributed by atoms with Crippen molar-refractivity contribution >= 4 is 0 Å². The summed E-state index contributed by atoms with van der Waals surface area (Å²) in [6, 6.07) is 7.23. The van der Waals surface area contributed by atoms with Crippen LogP contribution in [0, 0.1) is 5.92 Å². The van der Waals surface area contributed by atoms with Gasteiger partial charge in [0.2, 0.25) is 0 Å². The Hall–Kier alpha value is -0.960. The Kier molecular flexibility index (Phi) is 4.11. The highest BCUT2D eigenvalue weighted by molar-refractivity contribution is 5.23. The number of alkyl halides is 2. The van der Waals surface area contributed by atoms with Crippen molar-refractivity contribution in [3.05, 3.63) is 35.4 Å². The number of benzene rings is 1. The molecule has 0 aromatic heterocycles. The highest BCUT2D eigenvalue weighted by atomic mass is 19.3. The van der Waals surface area contributed by atoms with Crippen molar-refractivity contribution in [1.29, 1.82) is 0 Å². The maximum absolute atomic E-state index is 12.3. The van der Waals surface area contributed by atoms with Gasteiger partial charge < -0.3 is 5.32 Å². The molecule has 2 unspecified atom stereocenters. The molecular formula is C14H19F2N. The van der Waals surface area contributed by atoms with Crippen molar-refractivity contribution in [2.24, 2.45) is 5.92 Å². The van der Waals surface area contributed by atoms with E-state index in [-0.39, 0.29) is 5.56 Å². The predicted molar refractivity (Wildman–Crippen MR) is 65.0 cm³/mol. The molecule has 0 aliphatic heterocycles. The second kappa shape index (κ2) is 5.58. The van der Waals surface area contributed by atoms with Crippen LogP contribution in [0.1, 0.15) is 43.7 Å². The van der Waals surface area contributed by atoms with E-state index in [1.165, 1.54) is 31.4 Å². The molecule has 3 heteroatoms. The topological polar surface area (TPSA) is 12.0 Å². The van der Waals surface area contributed by atoms with Crippen molar-refractivity contribution < 1.29 is 8.78 Å². The Balaban J connectivity index is 1.76. The van der Waals surface area contributed by atoms with Crippen LogP contribution in [0.4, 0.5) is 8.78 Å². The van der Waals surface area contributed by atoms with Gasteiger partial charge in [0.15, 0.2) is 0 Å². The molecule has 0 saturated heterocycles. The maximum atomic E-state index is 12.3. The minimum Gasteiger partial charge on any atom is -0.310 e. The Morgan fingerprint density at radius 2 is 2.00 bits per heavy atom. The Morgan fingerprint density at radius 1 is 1.29 bits per heavy atom. The van der Waals surface area contributed by atoms with Gasteiger partial charge >= 0.3 is 0 Å². The van der Waals surface area contributed by atoms with Gasteiger partial charge in [0.05, 0.1) is 0 Å². The molecule has 0 radical (unpaired) electrons. The molecule has 0 bridgehead atoms. The molecule has 1 fully saturated rings. The lowest BCUT2D eigenvalue weighted by molar-refractivity contribution is 0.151. The van der Waals surface area contributed by atoms with Gasteiger partial charge in [-0.2, -0.15) is 0 Å². The van der Waals surface area contributed by atoms with Crippen LogP contribution in [-0.4, -0.2) is 6.04 Å². The minimum atomic E-state index is -2.37. The molecule has 1 aromatic rings. The van der Waals surface area contributed by atoms with E-state index in [0.29, 0.717) is 6.04 Å². The van der Waals surface area contributed by atoms with Gasteiger partial charge in [0, 0.05) is 18.2 Å². The summed E-state index contributed by atoms with van der Waals surface area (Å²) in [4.78, 5) is 0. The standard InChI is InChI=1S/C14H19F2N/c1-2-3-12-8-13(12)17-9-10-4-6-11(7-5-10)14(15)16/h4-7,12-14,17H,2-3,8-9H2,1H3. The molecule has 1 N–H and O–H groups in total. The van der Waals surface area contributed by atoms with Crippen molar-refractivity contribution in [2.75, 3.05) is 0 Å². The molecule has 2 rings (SSSR count). The fraction of sp³-hybridized carbons (Fsp3) is 0.571. The van der Waals surface area contributed by atoms with Crippen molar-refractivity contribution in [2.45, 2.75) is 45.2 Å². The fourth-order valence-corrected chi connectivity index (χ4v) is 2.22. The summed E-state index contributed by atoms with van der Waals surface area (Å²) in [5.41, 5.74) is 1.18. The third-order valence-electron chi connectivity index (χ3n) is 3.38. The first-order valence-electron chi connectivity index (χ1n) is 6.31. The van der Waals surface area contributed by atoms with Crippen molar-refractivity contribution in [3.8, 4) is 0 Å². The molecule has 1 aliphatic carbocycles.